The van der Waals surface area contributed by atoms with Crippen molar-refractivity contribution in [2.24, 2.45) is 0 Å². The minimum Gasteiger partial charge on any atom is -0.496 e. The van der Waals surface area contributed by atoms with Crippen molar-refractivity contribution in [3.8, 4) is 16.9 Å². The number of hydrogen-bond acceptors (Lipinski definition) is 6. The zero-order valence-corrected chi connectivity index (χ0v) is 12.0. The topological polar surface area (TPSA) is 105 Å². The van der Waals surface area contributed by atoms with Gasteiger partial charge in [-0.3, -0.25) is 10.1 Å². The second kappa shape index (κ2) is 6.13. The third kappa shape index (κ3) is 2.56. The smallest absolute Gasteiger partial charge is 0.344 e. The summed E-state index contributed by atoms with van der Waals surface area (Å²) in [5.41, 5.74) is 5.92. The van der Waals surface area contributed by atoms with Gasteiger partial charge in [-0.15, -0.1) is 0 Å². The molecule has 0 aliphatic rings. The van der Waals surface area contributed by atoms with Crippen LogP contribution in [-0.2, 0) is 4.74 Å². The number of anilines is 1. The summed E-state index contributed by atoms with van der Waals surface area (Å²) in [6.07, 6.45) is 0. The number of esters is 1. The van der Waals surface area contributed by atoms with E-state index >= 15 is 0 Å². The molecule has 0 radical (unpaired) electrons. The molecule has 2 rings (SSSR count). The van der Waals surface area contributed by atoms with Crippen LogP contribution >= 0.6 is 0 Å². The molecule has 0 fully saturated rings. The lowest BCUT2D eigenvalue weighted by molar-refractivity contribution is -0.383. The van der Waals surface area contributed by atoms with E-state index in [4.69, 9.17) is 10.5 Å². The van der Waals surface area contributed by atoms with Gasteiger partial charge in [0.1, 0.15) is 17.0 Å². The molecule has 0 saturated heterocycles. The molecule has 22 heavy (non-hydrogen) atoms. The van der Waals surface area contributed by atoms with Gasteiger partial charge in [0.15, 0.2) is 0 Å². The molecule has 0 aromatic heterocycles. The SMILES string of the molecule is COC(=O)c1c(OC)cc(-c2ccccc2)c([N+](=O)[O-])c1N. The second-order valence-electron chi connectivity index (χ2n) is 4.38. The lowest BCUT2D eigenvalue weighted by Crippen LogP contribution is -2.11. The highest BCUT2D eigenvalue weighted by atomic mass is 16.6. The van der Waals surface area contributed by atoms with Gasteiger partial charge in [0.2, 0.25) is 0 Å². The number of nitrogens with zero attached hydrogens (tertiary/aromatic N) is 1. The second-order valence-corrected chi connectivity index (χ2v) is 4.38. The fraction of sp³-hybridized carbons (Fsp3) is 0.133. The first kappa shape index (κ1) is 15.3. The first-order valence-corrected chi connectivity index (χ1v) is 6.29. The maximum absolute atomic E-state index is 11.8. The van der Waals surface area contributed by atoms with E-state index in [9.17, 15) is 14.9 Å². The molecule has 0 unspecified atom stereocenters. The van der Waals surface area contributed by atoms with Crippen LogP contribution in [0.2, 0.25) is 0 Å². The Balaban J connectivity index is 2.83. The molecule has 0 spiro atoms. The zero-order valence-electron chi connectivity index (χ0n) is 12.0. The van der Waals surface area contributed by atoms with Gasteiger partial charge in [-0.2, -0.15) is 0 Å². The van der Waals surface area contributed by atoms with Crippen molar-refractivity contribution < 1.29 is 19.2 Å². The number of nitrogens with two attached hydrogens (primary N) is 1. The van der Waals surface area contributed by atoms with E-state index in [2.05, 4.69) is 4.74 Å². The molecule has 0 bridgehead atoms. The van der Waals surface area contributed by atoms with Gasteiger partial charge < -0.3 is 15.2 Å². The summed E-state index contributed by atoms with van der Waals surface area (Å²) < 4.78 is 9.76. The van der Waals surface area contributed by atoms with E-state index in [0.29, 0.717) is 5.56 Å². The van der Waals surface area contributed by atoms with Crippen LogP contribution in [0.3, 0.4) is 0 Å². The van der Waals surface area contributed by atoms with E-state index in [1.165, 1.54) is 13.2 Å². The highest BCUT2D eigenvalue weighted by molar-refractivity contribution is 6.03. The molecule has 2 N–H and O–H groups in total. The fourth-order valence-corrected chi connectivity index (χ4v) is 2.18. The van der Waals surface area contributed by atoms with Crippen molar-refractivity contribution in [1.82, 2.24) is 0 Å². The van der Waals surface area contributed by atoms with Gasteiger partial charge in [0.25, 0.3) is 0 Å². The van der Waals surface area contributed by atoms with Gasteiger partial charge in [-0.1, -0.05) is 30.3 Å². The molecule has 0 amide bonds. The molecular formula is C15H14N2O5. The Hall–Kier alpha value is -3.09. The summed E-state index contributed by atoms with van der Waals surface area (Å²) in [5, 5.41) is 11.4. The minimum absolute atomic E-state index is 0.119. The van der Waals surface area contributed by atoms with Crippen LogP contribution in [0.15, 0.2) is 36.4 Å². The molecule has 0 heterocycles. The summed E-state index contributed by atoms with van der Waals surface area (Å²) in [6, 6.07) is 10.1. The predicted octanol–water partition coefficient (Wildman–Crippen LogP) is 2.64. The number of nitro benzene ring substituents is 1. The molecule has 0 atom stereocenters. The summed E-state index contributed by atoms with van der Waals surface area (Å²) >= 11 is 0. The molecule has 2 aromatic rings. The van der Waals surface area contributed by atoms with Crippen LogP contribution in [0.25, 0.3) is 11.1 Å². The summed E-state index contributed by atoms with van der Waals surface area (Å²) in [4.78, 5) is 22.6. The number of nitro groups is 1. The molecule has 0 saturated carbocycles. The number of methoxy groups -OCH3 is 2. The van der Waals surface area contributed by atoms with Gasteiger partial charge in [-0.25, -0.2) is 4.79 Å². The molecular weight excluding hydrogens is 288 g/mol. The van der Waals surface area contributed by atoms with Gasteiger partial charge in [-0.05, 0) is 11.6 Å². The van der Waals surface area contributed by atoms with E-state index in [-0.39, 0.29) is 28.3 Å². The number of hydrogen-bond donors (Lipinski definition) is 1. The van der Waals surface area contributed by atoms with Crippen molar-refractivity contribution in [2.45, 2.75) is 0 Å². The van der Waals surface area contributed by atoms with Crippen LogP contribution < -0.4 is 10.5 Å². The van der Waals surface area contributed by atoms with Crippen LogP contribution in [-0.4, -0.2) is 25.1 Å². The average molecular weight is 302 g/mol. The molecule has 114 valence electrons. The third-order valence-corrected chi connectivity index (χ3v) is 3.18. The first-order chi connectivity index (χ1) is 10.5. The van der Waals surface area contributed by atoms with Gasteiger partial charge in [0.05, 0.1) is 24.7 Å². The van der Waals surface area contributed by atoms with E-state index in [1.807, 2.05) is 0 Å². The highest BCUT2D eigenvalue weighted by Gasteiger charge is 2.29. The maximum atomic E-state index is 11.8. The van der Waals surface area contributed by atoms with Crippen LogP contribution in [0, 0.1) is 10.1 Å². The minimum atomic E-state index is -0.794. The average Bonchev–Trinajstić information content (AvgIpc) is 2.53. The lowest BCUT2D eigenvalue weighted by Gasteiger charge is -2.13. The monoisotopic (exact) mass is 302 g/mol. The Morgan fingerprint density at radius 1 is 1.23 bits per heavy atom. The van der Waals surface area contributed by atoms with Crippen LogP contribution in [0.1, 0.15) is 10.4 Å². The zero-order chi connectivity index (χ0) is 16.3. The number of ether oxygens (including phenoxy) is 2. The first-order valence-electron chi connectivity index (χ1n) is 6.29. The van der Waals surface area contributed by atoms with Crippen molar-refractivity contribution in [1.29, 1.82) is 0 Å². The van der Waals surface area contributed by atoms with Gasteiger partial charge >= 0.3 is 11.7 Å². The standard InChI is InChI=1S/C15H14N2O5/c1-21-11-8-10(9-6-4-3-5-7-9)14(17(19)20)13(16)12(11)15(18)22-2/h3-8H,16H2,1-2H3. The van der Waals surface area contributed by atoms with Crippen LogP contribution in [0.4, 0.5) is 11.4 Å². The normalized spacial score (nSPS) is 10.1. The summed E-state index contributed by atoms with van der Waals surface area (Å²) in [6.45, 7) is 0. The van der Waals surface area contributed by atoms with E-state index in [1.54, 1.807) is 30.3 Å². The van der Waals surface area contributed by atoms with Crippen molar-refractivity contribution >= 4 is 17.3 Å². The fourth-order valence-electron chi connectivity index (χ4n) is 2.18. The van der Waals surface area contributed by atoms with E-state index in [0.717, 1.165) is 7.11 Å². The predicted molar refractivity (Wildman–Crippen MR) is 80.8 cm³/mol. The van der Waals surface area contributed by atoms with Crippen molar-refractivity contribution in [3.63, 3.8) is 0 Å². The number of carbonyl (C=O) groups excluding carboxylic acids is 1. The quantitative estimate of drug-likeness (QED) is 0.403. The van der Waals surface area contributed by atoms with Crippen molar-refractivity contribution in [3.05, 3.63) is 52.1 Å². The molecule has 0 aliphatic carbocycles. The van der Waals surface area contributed by atoms with E-state index < -0.39 is 10.9 Å². The summed E-state index contributed by atoms with van der Waals surface area (Å²) in [5.74, 6) is -0.675. The molecule has 0 aliphatic heterocycles. The Morgan fingerprint density at radius 2 is 1.86 bits per heavy atom. The Labute approximate surface area is 126 Å². The largest absolute Gasteiger partial charge is 0.496 e. The van der Waals surface area contributed by atoms with Crippen molar-refractivity contribution in [2.75, 3.05) is 20.0 Å². The number of rotatable bonds is 4. The third-order valence-electron chi connectivity index (χ3n) is 3.18. The number of nitrogen functional groups attached to an aromatic ring is 1. The Morgan fingerprint density at radius 3 is 2.36 bits per heavy atom. The maximum Gasteiger partial charge on any atom is 0.344 e. The molecule has 7 heteroatoms. The van der Waals surface area contributed by atoms with Crippen LogP contribution in [0.5, 0.6) is 5.75 Å². The molecule has 7 nitrogen and oxygen atoms in total. The lowest BCUT2D eigenvalue weighted by atomic mass is 9.98. The Kier molecular flexibility index (Phi) is 4.26. The molecule has 2 aromatic carbocycles. The number of benzene rings is 2. The van der Waals surface area contributed by atoms with Gasteiger partial charge in [0, 0.05) is 0 Å². The number of carbonyl (C=O) groups is 1. The summed E-state index contributed by atoms with van der Waals surface area (Å²) in [7, 11) is 2.51. The highest BCUT2D eigenvalue weighted by Crippen LogP contribution is 2.42. The Bertz CT molecular complexity index is 728.